The van der Waals surface area contributed by atoms with E-state index < -0.39 is 0 Å². The lowest BCUT2D eigenvalue weighted by Gasteiger charge is -2.22. The summed E-state index contributed by atoms with van der Waals surface area (Å²) >= 11 is 0. The molecule has 3 heteroatoms. The number of hydrogen-bond acceptors (Lipinski definition) is 3. The van der Waals surface area contributed by atoms with Crippen molar-refractivity contribution in [2.75, 3.05) is 38.0 Å². The van der Waals surface area contributed by atoms with E-state index in [1.165, 1.54) is 33.6 Å². The molecule has 3 nitrogen and oxygen atoms in total. The van der Waals surface area contributed by atoms with Crippen molar-refractivity contribution in [2.24, 2.45) is 0 Å². The summed E-state index contributed by atoms with van der Waals surface area (Å²) in [7, 11) is 8.34. The minimum absolute atomic E-state index is 0.179. The zero-order valence-corrected chi connectivity index (χ0v) is 23.2. The third-order valence-corrected chi connectivity index (χ3v) is 7.08. The van der Waals surface area contributed by atoms with E-state index in [1.54, 1.807) is 0 Å². The highest BCUT2D eigenvalue weighted by molar-refractivity contribution is 5.79. The molecule has 0 bridgehead atoms. The Kier molecular flexibility index (Phi) is 8.10. The molecular weight excluding hydrogens is 476 g/mol. The number of anilines is 2. The molecule has 0 atom stereocenters. The molecule has 0 aliphatic carbocycles. The molecule has 0 aliphatic heterocycles. The first-order chi connectivity index (χ1) is 19.0. The zero-order valence-electron chi connectivity index (χ0n) is 23.2. The fourth-order valence-electron chi connectivity index (χ4n) is 5.03. The van der Waals surface area contributed by atoms with Crippen molar-refractivity contribution in [1.29, 1.82) is 0 Å². The quantitative estimate of drug-likeness (QED) is 0.197. The Balaban J connectivity index is 1.47. The predicted molar refractivity (Wildman–Crippen MR) is 165 cm³/mol. The Morgan fingerprint density at radius 2 is 0.897 bits per heavy atom. The van der Waals surface area contributed by atoms with Crippen molar-refractivity contribution < 1.29 is 4.74 Å². The molecule has 0 spiro atoms. The fraction of sp³-hybridized carbons (Fsp3) is 0.167. The van der Waals surface area contributed by atoms with Crippen LogP contribution in [-0.2, 0) is 11.3 Å². The highest BCUT2D eigenvalue weighted by Crippen LogP contribution is 2.35. The smallest absolute Gasteiger partial charge is 0.108 e. The predicted octanol–water partition coefficient (Wildman–Crippen LogP) is 8.46. The molecule has 5 rings (SSSR count). The SMILES string of the molecule is CN(C)c1ccccc1-c1ccc(C(OCc2ccccc2)c2ccc(-c3ccccc3N(C)C)cc2)cc1. The van der Waals surface area contributed by atoms with E-state index in [-0.39, 0.29) is 6.10 Å². The van der Waals surface area contributed by atoms with Gasteiger partial charge in [0, 0.05) is 50.7 Å². The molecule has 0 aromatic heterocycles. The summed E-state index contributed by atoms with van der Waals surface area (Å²) in [6.45, 7) is 0.544. The number of para-hydroxylation sites is 2. The van der Waals surface area contributed by atoms with E-state index >= 15 is 0 Å². The largest absolute Gasteiger partial charge is 0.377 e. The second-order valence-corrected chi connectivity index (χ2v) is 10.2. The molecule has 0 radical (unpaired) electrons. The van der Waals surface area contributed by atoms with Crippen LogP contribution in [0.5, 0.6) is 0 Å². The summed E-state index contributed by atoms with van der Waals surface area (Å²) < 4.78 is 6.60. The molecule has 0 heterocycles. The number of nitrogens with zero attached hydrogens (tertiary/aromatic N) is 2. The highest BCUT2D eigenvalue weighted by atomic mass is 16.5. The van der Waals surface area contributed by atoms with E-state index in [1.807, 2.05) is 6.07 Å². The Hall–Kier alpha value is -4.34. The molecule has 0 aliphatic rings. The number of hydrogen-bond donors (Lipinski definition) is 0. The maximum absolute atomic E-state index is 6.60. The van der Waals surface area contributed by atoms with Gasteiger partial charge in [0.2, 0.25) is 0 Å². The first-order valence-corrected chi connectivity index (χ1v) is 13.4. The Morgan fingerprint density at radius 3 is 1.33 bits per heavy atom. The van der Waals surface area contributed by atoms with Crippen LogP contribution in [0.15, 0.2) is 127 Å². The molecule has 0 amide bonds. The van der Waals surface area contributed by atoms with Crippen LogP contribution >= 0.6 is 0 Å². The normalized spacial score (nSPS) is 11.0. The third kappa shape index (κ3) is 6.05. The standard InChI is InChI=1S/C36H36N2O/c1-37(2)34-16-10-8-14-32(34)28-18-22-30(23-19-28)36(39-26-27-12-6-5-7-13-27)31-24-20-29(21-25-31)33-15-9-11-17-35(33)38(3)4/h5-25,36H,26H2,1-4H3. The summed E-state index contributed by atoms with van der Waals surface area (Å²) in [5, 5.41) is 0. The lowest BCUT2D eigenvalue weighted by Crippen LogP contribution is -2.10. The maximum Gasteiger partial charge on any atom is 0.108 e. The van der Waals surface area contributed by atoms with Crippen LogP contribution < -0.4 is 9.80 Å². The first kappa shape index (κ1) is 26.3. The number of ether oxygens (including phenoxy) is 1. The van der Waals surface area contributed by atoms with Crippen molar-refractivity contribution in [2.45, 2.75) is 12.7 Å². The monoisotopic (exact) mass is 512 g/mol. The molecule has 0 saturated heterocycles. The van der Waals surface area contributed by atoms with Gasteiger partial charge in [-0.2, -0.15) is 0 Å². The van der Waals surface area contributed by atoms with E-state index in [4.69, 9.17) is 4.74 Å². The van der Waals surface area contributed by atoms with E-state index in [2.05, 4.69) is 159 Å². The van der Waals surface area contributed by atoms with Gasteiger partial charge in [-0.15, -0.1) is 0 Å². The lowest BCUT2D eigenvalue weighted by molar-refractivity contribution is 0.0667. The van der Waals surface area contributed by atoms with Gasteiger partial charge in [0.05, 0.1) is 6.61 Å². The van der Waals surface area contributed by atoms with Crippen molar-refractivity contribution in [3.63, 3.8) is 0 Å². The van der Waals surface area contributed by atoms with Crippen LogP contribution in [-0.4, -0.2) is 28.2 Å². The van der Waals surface area contributed by atoms with Gasteiger partial charge in [-0.1, -0.05) is 115 Å². The molecule has 5 aromatic rings. The zero-order chi connectivity index (χ0) is 27.2. The second-order valence-electron chi connectivity index (χ2n) is 10.2. The second kappa shape index (κ2) is 12.0. The average Bonchev–Trinajstić information content (AvgIpc) is 2.98. The van der Waals surface area contributed by atoms with Crippen LogP contribution in [0, 0.1) is 0 Å². The number of benzene rings is 5. The van der Waals surface area contributed by atoms with Crippen LogP contribution in [0.4, 0.5) is 11.4 Å². The van der Waals surface area contributed by atoms with Crippen molar-refractivity contribution in [3.8, 4) is 22.3 Å². The lowest BCUT2D eigenvalue weighted by atomic mass is 9.95. The van der Waals surface area contributed by atoms with Crippen molar-refractivity contribution >= 4 is 11.4 Å². The van der Waals surface area contributed by atoms with Gasteiger partial charge in [-0.05, 0) is 39.9 Å². The summed E-state index contributed by atoms with van der Waals surface area (Å²) in [4.78, 5) is 4.32. The third-order valence-electron chi connectivity index (χ3n) is 7.08. The summed E-state index contributed by atoms with van der Waals surface area (Å²) in [5.74, 6) is 0. The van der Waals surface area contributed by atoms with Crippen LogP contribution in [0.1, 0.15) is 22.8 Å². The van der Waals surface area contributed by atoms with Crippen LogP contribution in [0.25, 0.3) is 22.3 Å². The first-order valence-electron chi connectivity index (χ1n) is 13.4. The molecule has 0 fully saturated rings. The molecule has 39 heavy (non-hydrogen) atoms. The van der Waals surface area contributed by atoms with Gasteiger partial charge >= 0.3 is 0 Å². The summed E-state index contributed by atoms with van der Waals surface area (Å²) in [6, 6.07) is 45.0. The van der Waals surface area contributed by atoms with Crippen LogP contribution in [0.2, 0.25) is 0 Å². The van der Waals surface area contributed by atoms with Gasteiger partial charge in [0.1, 0.15) is 6.10 Å². The molecule has 196 valence electrons. The van der Waals surface area contributed by atoms with Gasteiger partial charge < -0.3 is 14.5 Å². The maximum atomic E-state index is 6.60. The highest BCUT2D eigenvalue weighted by Gasteiger charge is 2.17. The Bertz CT molecular complexity index is 1390. The molecule has 0 unspecified atom stereocenters. The fourth-order valence-corrected chi connectivity index (χ4v) is 5.03. The minimum atomic E-state index is -0.179. The van der Waals surface area contributed by atoms with Gasteiger partial charge in [-0.3, -0.25) is 0 Å². The summed E-state index contributed by atoms with van der Waals surface area (Å²) in [6.07, 6.45) is -0.179. The van der Waals surface area contributed by atoms with E-state index in [0.717, 1.165) is 16.7 Å². The molecular formula is C36H36N2O. The van der Waals surface area contributed by atoms with Gasteiger partial charge in [0.25, 0.3) is 0 Å². The molecule has 0 N–H and O–H groups in total. The van der Waals surface area contributed by atoms with Gasteiger partial charge in [-0.25, -0.2) is 0 Å². The summed E-state index contributed by atoms with van der Waals surface area (Å²) in [5.41, 5.74) is 10.7. The average molecular weight is 513 g/mol. The topological polar surface area (TPSA) is 15.7 Å². The van der Waals surface area contributed by atoms with E-state index in [0.29, 0.717) is 6.61 Å². The Morgan fingerprint density at radius 1 is 0.487 bits per heavy atom. The van der Waals surface area contributed by atoms with E-state index in [9.17, 15) is 0 Å². The molecule has 0 saturated carbocycles. The van der Waals surface area contributed by atoms with Crippen molar-refractivity contribution in [3.05, 3.63) is 144 Å². The molecule has 5 aromatic carbocycles. The number of rotatable bonds is 9. The van der Waals surface area contributed by atoms with Crippen molar-refractivity contribution in [1.82, 2.24) is 0 Å². The van der Waals surface area contributed by atoms with Crippen LogP contribution in [0.3, 0.4) is 0 Å². The Labute approximate surface area is 232 Å². The minimum Gasteiger partial charge on any atom is -0.377 e. The van der Waals surface area contributed by atoms with Gasteiger partial charge in [0.15, 0.2) is 0 Å².